The number of pyridine rings is 2. The van der Waals surface area contributed by atoms with E-state index in [1.807, 2.05) is 24.4 Å². The molecule has 0 aliphatic rings. The number of carbonyl (C=O) groups is 1. The summed E-state index contributed by atoms with van der Waals surface area (Å²) in [4.78, 5) is 23.8. The maximum atomic E-state index is 13.2. The average molecular weight is 346 g/mol. The van der Waals surface area contributed by atoms with Gasteiger partial charge < -0.3 is 10.3 Å². The van der Waals surface area contributed by atoms with Crippen LogP contribution >= 0.6 is 0 Å². The van der Waals surface area contributed by atoms with Gasteiger partial charge in [0.1, 0.15) is 17.3 Å². The van der Waals surface area contributed by atoms with Crippen LogP contribution in [0.4, 0.5) is 10.2 Å². The van der Waals surface area contributed by atoms with Crippen LogP contribution in [0.1, 0.15) is 21.5 Å². The standard InChI is InChI=1S/C20H15FN4O/c21-16-4-1-3-14(10-16)20(26)25-18-7-6-13(11-23-18)9-15-12-24-19-17(15)5-2-8-22-19/h1-8,10-12H,9H2,(H,22,24)(H,23,25,26). The summed E-state index contributed by atoms with van der Waals surface area (Å²) in [5, 5.41) is 3.75. The predicted molar refractivity (Wildman–Crippen MR) is 97.5 cm³/mol. The molecule has 2 N–H and O–H groups in total. The Kier molecular flexibility index (Phi) is 4.15. The summed E-state index contributed by atoms with van der Waals surface area (Å²) in [6.07, 6.45) is 6.12. The average Bonchev–Trinajstić information content (AvgIpc) is 3.06. The van der Waals surface area contributed by atoms with Crippen molar-refractivity contribution in [2.75, 3.05) is 5.32 Å². The maximum absolute atomic E-state index is 13.2. The minimum atomic E-state index is -0.450. The Morgan fingerprint density at radius 3 is 2.85 bits per heavy atom. The van der Waals surface area contributed by atoms with Gasteiger partial charge in [-0.1, -0.05) is 12.1 Å². The van der Waals surface area contributed by atoms with Crippen molar-refractivity contribution in [3.63, 3.8) is 0 Å². The first-order valence-corrected chi connectivity index (χ1v) is 8.12. The summed E-state index contributed by atoms with van der Waals surface area (Å²) in [5.41, 5.74) is 3.25. The van der Waals surface area contributed by atoms with Gasteiger partial charge in [-0.25, -0.2) is 14.4 Å². The van der Waals surface area contributed by atoms with Crippen LogP contribution in [-0.4, -0.2) is 20.9 Å². The fraction of sp³-hybridized carbons (Fsp3) is 0.0500. The van der Waals surface area contributed by atoms with Crippen molar-refractivity contribution in [1.82, 2.24) is 15.0 Å². The first kappa shape index (κ1) is 16.0. The van der Waals surface area contributed by atoms with Crippen LogP contribution in [0.2, 0.25) is 0 Å². The third kappa shape index (κ3) is 3.30. The molecule has 3 heterocycles. The normalized spacial score (nSPS) is 10.8. The summed E-state index contributed by atoms with van der Waals surface area (Å²) in [6.45, 7) is 0. The van der Waals surface area contributed by atoms with E-state index in [1.54, 1.807) is 24.5 Å². The van der Waals surface area contributed by atoms with Gasteiger partial charge in [-0.05, 0) is 47.5 Å². The zero-order valence-corrected chi connectivity index (χ0v) is 13.7. The molecule has 6 heteroatoms. The molecule has 26 heavy (non-hydrogen) atoms. The van der Waals surface area contributed by atoms with Gasteiger partial charge in [-0.3, -0.25) is 4.79 Å². The van der Waals surface area contributed by atoms with E-state index < -0.39 is 11.7 Å². The molecule has 0 saturated carbocycles. The van der Waals surface area contributed by atoms with Gasteiger partial charge in [0.05, 0.1) is 0 Å². The molecule has 0 saturated heterocycles. The Labute approximate surface area is 148 Å². The van der Waals surface area contributed by atoms with Crippen LogP contribution < -0.4 is 5.32 Å². The number of hydrogen-bond donors (Lipinski definition) is 2. The number of carbonyl (C=O) groups excluding carboxylic acids is 1. The summed E-state index contributed by atoms with van der Waals surface area (Å²) < 4.78 is 13.2. The Hall–Kier alpha value is -3.54. The number of fused-ring (bicyclic) bond motifs is 1. The molecule has 128 valence electrons. The molecule has 3 aromatic heterocycles. The lowest BCUT2D eigenvalue weighted by molar-refractivity contribution is 0.102. The summed E-state index contributed by atoms with van der Waals surface area (Å²) in [5.74, 6) is -0.426. The molecular weight excluding hydrogens is 331 g/mol. The number of aromatic amines is 1. The molecule has 0 radical (unpaired) electrons. The molecule has 0 atom stereocenters. The third-order valence-electron chi connectivity index (χ3n) is 4.08. The summed E-state index contributed by atoms with van der Waals surface area (Å²) in [7, 11) is 0. The third-order valence-corrected chi connectivity index (χ3v) is 4.08. The summed E-state index contributed by atoms with van der Waals surface area (Å²) >= 11 is 0. The fourth-order valence-electron chi connectivity index (χ4n) is 2.80. The van der Waals surface area contributed by atoms with Gasteiger partial charge >= 0.3 is 0 Å². The quantitative estimate of drug-likeness (QED) is 0.588. The maximum Gasteiger partial charge on any atom is 0.256 e. The number of rotatable bonds is 4. The Bertz CT molecular complexity index is 1070. The lowest BCUT2D eigenvalue weighted by Crippen LogP contribution is -2.13. The molecule has 4 aromatic rings. The van der Waals surface area contributed by atoms with Crippen LogP contribution in [0.5, 0.6) is 0 Å². The minimum absolute atomic E-state index is 0.252. The van der Waals surface area contributed by atoms with Crippen LogP contribution in [0.25, 0.3) is 11.0 Å². The van der Waals surface area contributed by atoms with E-state index in [2.05, 4.69) is 20.3 Å². The van der Waals surface area contributed by atoms with Crippen molar-refractivity contribution in [2.45, 2.75) is 6.42 Å². The van der Waals surface area contributed by atoms with Crippen LogP contribution in [0, 0.1) is 5.82 Å². The highest BCUT2D eigenvalue weighted by atomic mass is 19.1. The smallest absolute Gasteiger partial charge is 0.256 e. The van der Waals surface area contributed by atoms with Crippen molar-refractivity contribution in [3.8, 4) is 0 Å². The monoisotopic (exact) mass is 346 g/mol. The molecule has 0 fully saturated rings. The van der Waals surface area contributed by atoms with E-state index in [0.29, 0.717) is 12.2 Å². The topological polar surface area (TPSA) is 70.7 Å². The Morgan fingerprint density at radius 1 is 1.12 bits per heavy atom. The molecule has 5 nitrogen and oxygen atoms in total. The number of amides is 1. The molecule has 0 aliphatic heterocycles. The van der Waals surface area contributed by atoms with Crippen molar-refractivity contribution < 1.29 is 9.18 Å². The van der Waals surface area contributed by atoms with Gasteiger partial charge in [0.25, 0.3) is 5.91 Å². The lowest BCUT2D eigenvalue weighted by atomic mass is 10.1. The number of nitrogens with zero attached hydrogens (tertiary/aromatic N) is 2. The van der Waals surface area contributed by atoms with Gasteiger partial charge in [0, 0.05) is 36.0 Å². The number of benzene rings is 1. The fourth-order valence-corrected chi connectivity index (χ4v) is 2.80. The second kappa shape index (κ2) is 6.76. The number of halogens is 1. The van der Waals surface area contributed by atoms with E-state index >= 15 is 0 Å². The van der Waals surface area contributed by atoms with Crippen LogP contribution in [0.3, 0.4) is 0 Å². The molecular formula is C20H15FN4O. The zero-order chi connectivity index (χ0) is 17.9. The zero-order valence-electron chi connectivity index (χ0n) is 13.7. The van der Waals surface area contributed by atoms with Crippen LogP contribution in [-0.2, 0) is 6.42 Å². The van der Waals surface area contributed by atoms with Gasteiger partial charge in [-0.2, -0.15) is 0 Å². The Balaban J connectivity index is 1.47. The molecule has 1 amide bonds. The number of anilines is 1. The van der Waals surface area contributed by atoms with Gasteiger partial charge in [0.15, 0.2) is 0 Å². The van der Waals surface area contributed by atoms with E-state index in [-0.39, 0.29) is 5.56 Å². The molecule has 0 aliphatic carbocycles. The van der Waals surface area contributed by atoms with E-state index in [4.69, 9.17) is 0 Å². The second-order valence-corrected chi connectivity index (χ2v) is 5.91. The van der Waals surface area contributed by atoms with Crippen molar-refractivity contribution >= 4 is 22.8 Å². The molecule has 0 unspecified atom stereocenters. The second-order valence-electron chi connectivity index (χ2n) is 5.91. The summed E-state index contributed by atoms with van der Waals surface area (Å²) in [6, 6.07) is 13.1. The van der Waals surface area contributed by atoms with E-state index in [9.17, 15) is 9.18 Å². The number of nitrogens with one attached hydrogen (secondary N) is 2. The Morgan fingerprint density at radius 2 is 2.04 bits per heavy atom. The van der Waals surface area contributed by atoms with Gasteiger partial charge in [-0.15, -0.1) is 0 Å². The highest BCUT2D eigenvalue weighted by molar-refractivity contribution is 6.03. The molecule has 0 bridgehead atoms. The highest BCUT2D eigenvalue weighted by Crippen LogP contribution is 2.19. The van der Waals surface area contributed by atoms with E-state index in [0.717, 1.165) is 22.2 Å². The number of hydrogen-bond acceptors (Lipinski definition) is 3. The lowest BCUT2D eigenvalue weighted by Gasteiger charge is -2.06. The van der Waals surface area contributed by atoms with Crippen LogP contribution in [0.15, 0.2) is 67.1 Å². The van der Waals surface area contributed by atoms with Gasteiger partial charge in [0.2, 0.25) is 0 Å². The molecule has 1 aromatic carbocycles. The van der Waals surface area contributed by atoms with Crippen molar-refractivity contribution in [1.29, 1.82) is 0 Å². The van der Waals surface area contributed by atoms with Crippen molar-refractivity contribution in [3.05, 3.63) is 89.6 Å². The number of H-pyrrole nitrogens is 1. The van der Waals surface area contributed by atoms with Crippen molar-refractivity contribution in [2.24, 2.45) is 0 Å². The highest BCUT2D eigenvalue weighted by Gasteiger charge is 2.09. The largest absolute Gasteiger partial charge is 0.346 e. The predicted octanol–water partition coefficient (Wildman–Crippen LogP) is 3.94. The van der Waals surface area contributed by atoms with E-state index in [1.165, 1.54) is 18.2 Å². The molecule has 0 spiro atoms. The first-order valence-electron chi connectivity index (χ1n) is 8.12. The minimum Gasteiger partial charge on any atom is -0.346 e. The molecule has 4 rings (SSSR count). The number of aromatic nitrogens is 3. The SMILES string of the molecule is O=C(Nc1ccc(Cc2c[nH]c3ncccc23)cn1)c1cccc(F)c1. The first-order chi connectivity index (χ1) is 12.7.